The van der Waals surface area contributed by atoms with Crippen LogP contribution in [0, 0.1) is 34.6 Å². The first-order valence-electron chi connectivity index (χ1n) is 16.5. The fourth-order valence-electron chi connectivity index (χ4n) is 8.23. The maximum atomic E-state index is 2.45. The molecule has 0 amide bonds. The van der Waals surface area contributed by atoms with Gasteiger partial charge in [-0.25, -0.2) is 0 Å². The molecule has 0 fully saturated rings. The summed E-state index contributed by atoms with van der Waals surface area (Å²) < 4.78 is 0. The lowest BCUT2D eigenvalue weighted by Gasteiger charge is -2.31. The lowest BCUT2D eigenvalue weighted by Crippen LogP contribution is -2.56. The third-order valence-electron chi connectivity index (χ3n) is 10.1. The van der Waals surface area contributed by atoms with Crippen LogP contribution in [0.15, 0.2) is 127 Å². The van der Waals surface area contributed by atoms with Gasteiger partial charge in [-0.3, -0.25) is 0 Å². The van der Waals surface area contributed by atoms with Crippen molar-refractivity contribution >= 4 is 61.7 Å². The maximum Gasteiger partial charge on any atom is 0.244 e. The van der Waals surface area contributed by atoms with Crippen LogP contribution >= 0.6 is 0 Å². The number of hydrogen-bond acceptors (Lipinski definition) is 1. The summed E-state index contributed by atoms with van der Waals surface area (Å²) in [5, 5.41) is 5.16. The molecule has 0 aliphatic heterocycles. The lowest BCUT2D eigenvalue weighted by atomic mass is 9.33. The van der Waals surface area contributed by atoms with Gasteiger partial charge in [-0.05, 0) is 92.8 Å². The summed E-state index contributed by atoms with van der Waals surface area (Å²) in [4.78, 5) is 2.45. The molecule has 0 heterocycles. The van der Waals surface area contributed by atoms with Crippen molar-refractivity contribution in [2.75, 3.05) is 4.90 Å². The molecular formula is C44H38BN. The zero-order valence-corrected chi connectivity index (χ0v) is 27.4. The van der Waals surface area contributed by atoms with Crippen molar-refractivity contribution in [2.45, 2.75) is 41.0 Å². The zero-order valence-electron chi connectivity index (χ0n) is 27.4. The molecule has 0 saturated heterocycles. The van der Waals surface area contributed by atoms with Gasteiger partial charge in [-0.15, -0.1) is 0 Å². The van der Waals surface area contributed by atoms with E-state index in [1.807, 2.05) is 0 Å². The second-order valence-corrected chi connectivity index (χ2v) is 13.2. The number of rotatable bonds is 6. The van der Waals surface area contributed by atoms with Crippen LogP contribution in [0.2, 0.25) is 0 Å². The molecule has 0 spiro atoms. The van der Waals surface area contributed by atoms with Gasteiger partial charge in [0, 0.05) is 22.1 Å². The van der Waals surface area contributed by atoms with E-state index in [-0.39, 0.29) is 6.71 Å². The Balaban J connectivity index is 1.54. The smallest absolute Gasteiger partial charge is 0.244 e. The molecule has 0 aromatic heterocycles. The number of fused-ring (bicyclic) bond motifs is 3. The molecule has 0 radical (unpaired) electrons. The Hall–Kier alpha value is -5.08. The zero-order chi connectivity index (χ0) is 31.5. The first kappa shape index (κ1) is 28.4. The minimum Gasteiger partial charge on any atom is -0.309 e. The molecule has 0 N–H and O–H groups in total. The summed E-state index contributed by atoms with van der Waals surface area (Å²) in [6.07, 6.45) is 1.10. The summed E-state index contributed by atoms with van der Waals surface area (Å²) in [6.45, 7) is 11.6. The molecule has 0 atom stereocenters. The number of aryl methyl sites for hydroxylation is 5. The van der Waals surface area contributed by atoms with Crippen LogP contribution in [0.3, 0.4) is 0 Å². The van der Waals surface area contributed by atoms with Gasteiger partial charge in [0.1, 0.15) is 0 Å². The Bertz CT molecular complexity index is 2140. The molecular weight excluding hydrogens is 553 g/mol. The number of para-hydroxylation sites is 2. The molecule has 0 unspecified atom stereocenters. The molecule has 1 aliphatic carbocycles. The first-order chi connectivity index (χ1) is 22.4. The van der Waals surface area contributed by atoms with Crippen LogP contribution in [0.4, 0.5) is 17.1 Å². The Kier molecular flexibility index (Phi) is 6.83. The molecule has 8 rings (SSSR count). The predicted molar refractivity (Wildman–Crippen MR) is 200 cm³/mol. The van der Waals surface area contributed by atoms with E-state index in [1.165, 1.54) is 77.0 Å². The van der Waals surface area contributed by atoms with Gasteiger partial charge in [-0.2, -0.15) is 0 Å². The van der Waals surface area contributed by atoms with Crippen molar-refractivity contribution in [3.63, 3.8) is 0 Å². The Morgan fingerprint density at radius 2 is 0.891 bits per heavy atom. The van der Waals surface area contributed by atoms with Crippen molar-refractivity contribution < 1.29 is 0 Å². The van der Waals surface area contributed by atoms with Crippen molar-refractivity contribution in [3.8, 4) is 0 Å². The van der Waals surface area contributed by atoms with Crippen LogP contribution in [-0.2, 0) is 6.42 Å². The van der Waals surface area contributed by atoms with Crippen LogP contribution in [-0.4, -0.2) is 6.71 Å². The average molecular weight is 592 g/mol. The van der Waals surface area contributed by atoms with Gasteiger partial charge in [0.25, 0.3) is 0 Å². The summed E-state index contributed by atoms with van der Waals surface area (Å²) in [5.74, 6) is 0. The molecule has 1 aliphatic rings. The highest BCUT2D eigenvalue weighted by Gasteiger charge is 2.37. The fourth-order valence-corrected chi connectivity index (χ4v) is 8.23. The summed E-state index contributed by atoms with van der Waals surface area (Å²) >= 11 is 0. The highest BCUT2D eigenvalue weighted by molar-refractivity contribution is 6.99. The second-order valence-electron chi connectivity index (χ2n) is 13.2. The average Bonchev–Trinajstić information content (AvgIpc) is 3.86. The summed E-state index contributed by atoms with van der Waals surface area (Å²) in [7, 11) is 0. The van der Waals surface area contributed by atoms with E-state index in [4.69, 9.17) is 0 Å². The molecule has 7 aromatic rings. The monoisotopic (exact) mass is 591 g/mol. The Labute approximate surface area is 273 Å². The number of hydrogen-bond donors (Lipinski definition) is 0. The van der Waals surface area contributed by atoms with Gasteiger partial charge in [-0.1, -0.05) is 142 Å². The third kappa shape index (κ3) is 4.55. The van der Waals surface area contributed by atoms with Crippen LogP contribution in [0.25, 0.3) is 21.5 Å². The van der Waals surface area contributed by atoms with Crippen molar-refractivity contribution in [1.82, 2.24) is 0 Å². The Morgan fingerprint density at radius 3 is 1.41 bits per heavy atom. The fraction of sp³-hybridized carbons (Fsp3) is 0.136. The standard InChI is InChI=1S/C44H38BN/c1-28-24-30(3)41(31(4)25-28)45(42-32(5)26-29(2)39-27-40(39)42)43-35-20-12-14-22-37(35)44(38-23-15-13-21-36(38)43)46(33-16-8-6-9-17-33)34-18-10-7-11-19-34/h6-26H,27H2,1-5H3. The van der Waals surface area contributed by atoms with Gasteiger partial charge < -0.3 is 4.90 Å². The molecule has 46 heavy (non-hydrogen) atoms. The van der Waals surface area contributed by atoms with E-state index in [0.717, 1.165) is 17.8 Å². The SMILES string of the molecule is Cc1cc(C)c(B(c2c(C)cc(C)c3c2C3)c2c3ccccc3c(N(c3ccccc3)c3ccccc3)c3ccccc23)c(C)c1. The first-order valence-corrected chi connectivity index (χ1v) is 16.5. The van der Waals surface area contributed by atoms with Crippen molar-refractivity contribution in [3.05, 3.63) is 166 Å². The largest absolute Gasteiger partial charge is 0.309 e. The van der Waals surface area contributed by atoms with E-state index < -0.39 is 0 Å². The molecule has 1 nitrogen and oxygen atoms in total. The molecule has 0 bridgehead atoms. The van der Waals surface area contributed by atoms with Gasteiger partial charge >= 0.3 is 0 Å². The van der Waals surface area contributed by atoms with Crippen molar-refractivity contribution in [2.24, 2.45) is 0 Å². The Morgan fingerprint density at radius 1 is 0.435 bits per heavy atom. The van der Waals surface area contributed by atoms with E-state index in [0.29, 0.717) is 0 Å². The number of benzene rings is 7. The van der Waals surface area contributed by atoms with Crippen LogP contribution in [0.1, 0.15) is 38.9 Å². The minimum atomic E-state index is 0.114. The minimum absolute atomic E-state index is 0.114. The molecule has 2 heteroatoms. The maximum absolute atomic E-state index is 2.45. The third-order valence-corrected chi connectivity index (χ3v) is 10.1. The van der Waals surface area contributed by atoms with Crippen molar-refractivity contribution in [1.29, 1.82) is 0 Å². The highest BCUT2D eigenvalue weighted by atomic mass is 15.1. The van der Waals surface area contributed by atoms with Gasteiger partial charge in [0.15, 0.2) is 0 Å². The normalized spacial score (nSPS) is 11.9. The molecule has 7 aromatic carbocycles. The van der Waals surface area contributed by atoms with Gasteiger partial charge in [0.2, 0.25) is 6.71 Å². The van der Waals surface area contributed by atoms with Gasteiger partial charge in [0.05, 0.1) is 5.69 Å². The van der Waals surface area contributed by atoms with E-state index in [9.17, 15) is 0 Å². The summed E-state index contributed by atoms with van der Waals surface area (Å²) in [5.41, 5.74) is 17.8. The van der Waals surface area contributed by atoms with Crippen LogP contribution < -0.4 is 21.3 Å². The number of nitrogens with zero attached hydrogens (tertiary/aromatic N) is 1. The molecule has 222 valence electrons. The highest BCUT2D eigenvalue weighted by Crippen LogP contribution is 2.43. The van der Waals surface area contributed by atoms with E-state index in [2.05, 4.69) is 167 Å². The summed E-state index contributed by atoms with van der Waals surface area (Å²) in [6, 6.07) is 47.1. The predicted octanol–water partition coefficient (Wildman–Crippen LogP) is 9.43. The molecule has 0 saturated carbocycles. The second kappa shape index (κ2) is 11.1. The van der Waals surface area contributed by atoms with Crippen LogP contribution in [0.5, 0.6) is 0 Å². The van der Waals surface area contributed by atoms with E-state index in [1.54, 1.807) is 5.56 Å². The lowest BCUT2D eigenvalue weighted by molar-refractivity contribution is 1.31. The quantitative estimate of drug-likeness (QED) is 0.138. The topological polar surface area (TPSA) is 3.24 Å². The van der Waals surface area contributed by atoms with E-state index >= 15 is 0 Å². The number of anilines is 3.